The van der Waals surface area contributed by atoms with Crippen LogP contribution in [0.25, 0.3) is 0 Å². The zero-order valence-corrected chi connectivity index (χ0v) is 9.95. The molecule has 1 aliphatic heterocycles. The first kappa shape index (κ1) is 12.0. The Kier molecular flexibility index (Phi) is 3.71. The third kappa shape index (κ3) is 2.81. The number of hydrogen-bond donors (Lipinski definition) is 0. The molecule has 0 bridgehead atoms. The van der Waals surface area contributed by atoms with Gasteiger partial charge in [0.25, 0.3) is 0 Å². The smallest absolute Gasteiger partial charge is 0.240 e. The molecule has 92 valence electrons. The molecule has 2 rings (SSSR count). The van der Waals surface area contributed by atoms with Crippen LogP contribution in [0.4, 0.5) is 0 Å². The van der Waals surface area contributed by atoms with Crippen LogP contribution in [0.2, 0.25) is 0 Å². The predicted octanol–water partition coefficient (Wildman–Crippen LogP) is 1.38. The van der Waals surface area contributed by atoms with Gasteiger partial charge in [-0.15, -0.1) is 0 Å². The van der Waals surface area contributed by atoms with Gasteiger partial charge in [-0.3, -0.25) is 10.1 Å². The van der Waals surface area contributed by atoms with Gasteiger partial charge in [-0.25, -0.2) is 10.0 Å². The summed E-state index contributed by atoms with van der Waals surface area (Å²) in [6.07, 6.45) is 0. The van der Waals surface area contributed by atoms with Gasteiger partial charge in [0.05, 0.1) is 13.1 Å². The molecule has 0 amide bonds. The van der Waals surface area contributed by atoms with Crippen molar-refractivity contribution in [2.45, 2.75) is 19.5 Å². The van der Waals surface area contributed by atoms with E-state index < -0.39 is 6.04 Å². The molecule has 1 unspecified atom stereocenters. The summed E-state index contributed by atoms with van der Waals surface area (Å²) in [6, 6.07) is 9.60. The van der Waals surface area contributed by atoms with E-state index in [4.69, 9.17) is 0 Å². The van der Waals surface area contributed by atoms with Crippen LogP contribution in [-0.4, -0.2) is 40.6 Å². The van der Waals surface area contributed by atoms with E-state index in [0.717, 1.165) is 13.1 Å². The van der Waals surface area contributed by atoms with Gasteiger partial charge in [0.15, 0.2) is 0 Å². The standard InChI is InChI=1S/C12H17N3O2/c1-2-13-9-12(15(16)17)10-14(13)8-11-6-4-3-5-7-11/h3-7,12H,2,8-10H2,1H3. The lowest BCUT2D eigenvalue weighted by Gasteiger charge is -2.25. The van der Waals surface area contributed by atoms with Crippen molar-refractivity contribution in [3.05, 3.63) is 46.0 Å². The van der Waals surface area contributed by atoms with Crippen molar-refractivity contribution in [1.29, 1.82) is 0 Å². The molecular weight excluding hydrogens is 218 g/mol. The first-order valence-corrected chi connectivity index (χ1v) is 5.88. The molecule has 1 fully saturated rings. The fourth-order valence-corrected chi connectivity index (χ4v) is 2.20. The summed E-state index contributed by atoms with van der Waals surface area (Å²) in [7, 11) is 0. The highest BCUT2D eigenvalue weighted by molar-refractivity contribution is 5.14. The number of nitrogens with zero attached hydrogens (tertiary/aromatic N) is 3. The van der Waals surface area contributed by atoms with E-state index in [9.17, 15) is 10.1 Å². The number of likely N-dealkylation sites (N-methyl/N-ethyl adjacent to an activating group) is 1. The van der Waals surface area contributed by atoms with Crippen molar-refractivity contribution in [2.24, 2.45) is 0 Å². The molecule has 17 heavy (non-hydrogen) atoms. The highest BCUT2D eigenvalue weighted by atomic mass is 16.6. The Balaban J connectivity index is 2.02. The Labute approximate surface area is 101 Å². The molecule has 0 spiro atoms. The van der Waals surface area contributed by atoms with Gasteiger partial charge in [0.2, 0.25) is 6.04 Å². The van der Waals surface area contributed by atoms with Crippen LogP contribution >= 0.6 is 0 Å². The quantitative estimate of drug-likeness (QED) is 0.584. The maximum absolute atomic E-state index is 10.8. The second-order valence-electron chi connectivity index (χ2n) is 4.28. The molecule has 5 nitrogen and oxygen atoms in total. The third-order valence-electron chi connectivity index (χ3n) is 3.11. The molecule has 0 N–H and O–H groups in total. The van der Waals surface area contributed by atoms with Gasteiger partial charge >= 0.3 is 0 Å². The number of nitro groups is 1. The fraction of sp³-hybridized carbons (Fsp3) is 0.500. The van der Waals surface area contributed by atoms with Crippen molar-refractivity contribution in [3.63, 3.8) is 0 Å². The van der Waals surface area contributed by atoms with Crippen LogP contribution in [0.5, 0.6) is 0 Å². The molecule has 1 aromatic rings. The Morgan fingerprint density at radius 3 is 2.53 bits per heavy atom. The van der Waals surface area contributed by atoms with E-state index in [0.29, 0.717) is 13.1 Å². The van der Waals surface area contributed by atoms with Crippen LogP contribution in [-0.2, 0) is 6.54 Å². The Morgan fingerprint density at radius 2 is 1.94 bits per heavy atom. The van der Waals surface area contributed by atoms with E-state index in [-0.39, 0.29) is 4.92 Å². The summed E-state index contributed by atoms with van der Waals surface area (Å²) in [6.45, 7) is 4.63. The number of hydrazine groups is 1. The lowest BCUT2D eigenvalue weighted by atomic mass is 10.2. The molecule has 5 heteroatoms. The Bertz CT molecular complexity index is 383. The molecule has 0 radical (unpaired) electrons. The summed E-state index contributed by atoms with van der Waals surface area (Å²) >= 11 is 0. The summed E-state index contributed by atoms with van der Waals surface area (Å²) in [5.41, 5.74) is 1.19. The van der Waals surface area contributed by atoms with Gasteiger partial charge in [0, 0.05) is 18.0 Å². The number of hydrogen-bond acceptors (Lipinski definition) is 4. The Morgan fingerprint density at radius 1 is 1.29 bits per heavy atom. The second kappa shape index (κ2) is 5.25. The molecule has 1 heterocycles. The third-order valence-corrected chi connectivity index (χ3v) is 3.11. The zero-order chi connectivity index (χ0) is 12.3. The minimum atomic E-state index is -0.460. The fourth-order valence-electron chi connectivity index (χ4n) is 2.20. The normalized spacial score (nSPS) is 21.8. The summed E-state index contributed by atoms with van der Waals surface area (Å²) in [5, 5.41) is 14.9. The van der Waals surface area contributed by atoms with Gasteiger partial charge in [-0.05, 0) is 5.56 Å². The maximum Gasteiger partial charge on any atom is 0.240 e. The molecule has 0 saturated carbocycles. The summed E-state index contributed by atoms with van der Waals surface area (Å²) in [4.78, 5) is 10.6. The van der Waals surface area contributed by atoms with Crippen LogP contribution in [0.3, 0.4) is 0 Å². The average molecular weight is 235 g/mol. The zero-order valence-electron chi connectivity index (χ0n) is 9.95. The summed E-state index contributed by atoms with van der Waals surface area (Å²) < 4.78 is 0. The van der Waals surface area contributed by atoms with Gasteiger partial charge < -0.3 is 0 Å². The van der Waals surface area contributed by atoms with Crippen molar-refractivity contribution in [1.82, 2.24) is 10.0 Å². The molecule has 0 aliphatic carbocycles. The number of benzene rings is 1. The largest absolute Gasteiger partial charge is 0.264 e. The highest BCUT2D eigenvalue weighted by Crippen LogP contribution is 2.16. The predicted molar refractivity (Wildman–Crippen MR) is 64.9 cm³/mol. The summed E-state index contributed by atoms with van der Waals surface area (Å²) in [5.74, 6) is 0. The van der Waals surface area contributed by atoms with Crippen LogP contribution in [0.15, 0.2) is 30.3 Å². The van der Waals surface area contributed by atoms with Crippen LogP contribution in [0.1, 0.15) is 12.5 Å². The minimum absolute atomic E-state index is 0.173. The minimum Gasteiger partial charge on any atom is -0.264 e. The van der Waals surface area contributed by atoms with Crippen molar-refractivity contribution >= 4 is 0 Å². The Hall–Kier alpha value is -1.46. The molecule has 1 atom stereocenters. The van der Waals surface area contributed by atoms with Crippen LogP contribution < -0.4 is 0 Å². The lowest BCUT2D eigenvalue weighted by Crippen LogP contribution is -2.35. The maximum atomic E-state index is 10.8. The molecule has 1 aromatic carbocycles. The van der Waals surface area contributed by atoms with Crippen LogP contribution in [0, 0.1) is 10.1 Å². The average Bonchev–Trinajstić information content (AvgIpc) is 2.74. The SMILES string of the molecule is CCN1CC([N+](=O)[O-])CN1Cc1ccccc1. The molecule has 1 saturated heterocycles. The first-order chi connectivity index (χ1) is 8.20. The van der Waals surface area contributed by atoms with Gasteiger partial charge in [0.1, 0.15) is 0 Å². The van der Waals surface area contributed by atoms with E-state index in [1.165, 1.54) is 5.56 Å². The first-order valence-electron chi connectivity index (χ1n) is 5.88. The van der Waals surface area contributed by atoms with E-state index in [1.54, 1.807) is 0 Å². The molecular formula is C12H17N3O2. The molecule has 0 aromatic heterocycles. The topological polar surface area (TPSA) is 49.6 Å². The van der Waals surface area contributed by atoms with Gasteiger partial charge in [-0.2, -0.15) is 0 Å². The molecule has 1 aliphatic rings. The van der Waals surface area contributed by atoms with Gasteiger partial charge in [-0.1, -0.05) is 37.3 Å². The van der Waals surface area contributed by atoms with E-state index in [2.05, 4.69) is 10.0 Å². The second-order valence-corrected chi connectivity index (χ2v) is 4.28. The lowest BCUT2D eigenvalue weighted by molar-refractivity contribution is -0.515. The highest BCUT2D eigenvalue weighted by Gasteiger charge is 2.36. The van der Waals surface area contributed by atoms with Crippen molar-refractivity contribution in [3.8, 4) is 0 Å². The van der Waals surface area contributed by atoms with E-state index in [1.807, 2.05) is 37.3 Å². The van der Waals surface area contributed by atoms with Crippen molar-refractivity contribution < 1.29 is 4.92 Å². The van der Waals surface area contributed by atoms with Crippen molar-refractivity contribution in [2.75, 3.05) is 19.6 Å². The monoisotopic (exact) mass is 235 g/mol. The number of rotatable bonds is 4. The van der Waals surface area contributed by atoms with E-state index >= 15 is 0 Å².